The molecule has 0 saturated carbocycles. The first kappa shape index (κ1) is 17.2. The molecule has 27 heavy (non-hydrogen) atoms. The number of benzene rings is 2. The third-order valence-electron chi connectivity index (χ3n) is 4.37. The Morgan fingerprint density at radius 1 is 1.11 bits per heavy atom. The molecule has 0 bridgehead atoms. The van der Waals surface area contributed by atoms with E-state index in [1.165, 1.54) is 23.2 Å². The van der Waals surface area contributed by atoms with Crippen molar-refractivity contribution >= 4 is 22.5 Å². The zero-order valence-electron chi connectivity index (χ0n) is 14.6. The van der Waals surface area contributed by atoms with E-state index in [1.54, 1.807) is 0 Å². The number of aryl methyl sites for hydroxylation is 1. The molecule has 2 N–H and O–H groups in total. The van der Waals surface area contributed by atoms with Crippen LogP contribution in [-0.4, -0.2) is 22.4 Å². The summed E-state index contributed by atoms with van der Waals surface area (Å²) in [6.07, 6.45) is 3.15. The summed E-state index contributed by atoms with van der Waals surface area (Å²) in [6, 6.07) is 9.17. The zero-order chi connectivity index (χ0) is 19.0. The van der Waals surface area contributed by atoms with Crippen molar-refractivity contribution in [3.63, 3.8) is 0 Å². The lowest BCUT2D eigenvalue weighted by molar-refractivity contribution is 0.485. The molecule has 0 aliphatic carbocycles. The number of fused-ring (bicyclic) bond motifs is 1. The average Bonchev–Trinajstić information content (AvgIpc) is 3.03. The van der Waals surface area contributed by atoms with Gasteiger partial charge in [-0.1, -0.05) is 0 Å². The van der Waals surface area contributed by atoms with E-state index in [2.05, 4.69) is 15.3 Å². The maximum atomic E-state index is 13.8. The summed E-state index contributed by atoms with van der Waals surface area (Å²) < 4.78 is 40.7. The molecule has 4 nitrogen and oxygen atoms in total. The van der Waals surface area contributed by atoms with Gasteiger partial charge in [-0.25, -0.2) is 18.2 Å². The summed E-state index contributed by atoms with van der Waals surface area (Å²) in [5.74, 6) is -1.35. The van der Waals surface area contributed by atoms with Gasteiger partial charge in [0.25, 0.3) is 0 Å². The number of nitrogens with zero attached hydrogens (tertiary/aromatic N) is 2. The topological polar surface area (TPSA) is 43.4 Å². The molecule has 1 aromatic heterocycles. The molecule has 2 aromatic carbocycles. The third kappa shape index (κ3) is 3.67. The summed E-state index contributed by atoms with van der Waals surface area (Å²) in [4.78, 5) is 8.89. The van der Waals surface area contributed by atoms with Crippen molar-refractivity contribution in [3.8, 4) is 0 Å². The summed E-state index contributed by atoms with van der Waals surface area (Å²) >= 11 is 0. The van der Waals surface area contributed by atoms with E-state index in [1.807, 2.05) is 31.3 Å². The standard InChI is InChI=1S/C20H17F3N4/c1-12-4-19-14(2-3-24-19)7-18(12)26-20-25-9-17(23)11-27(20)10-13-5-15(21)8-16(22)6-13/h2-8,11,24H,9-10H2,1H3,(H,25,26). The molecular weight excluding hydrogens is 353 g/mol. The number of halogens is 3. The second-order valence-corrected chi connectivity index (χ2v) is 6.48. The smallest absolute Gasteiger partial charge is 0.203 e. The fourth-order valence-electron chi connectivity index (χ4n) is 3.11. The minimum atomic E-state index is -0.674. The second-order valence-electron chi connectivity index (χ2n) is 6.48. The first-order valence-electron chi connectivity index (χ1n) is 8.45. The number of hydrogen-bond donors (Lipinski definition) is 2. The Labute approximate surface area is 154 Å². The van der Waals surface area contributed by atoms with Gasteiger partial charge in [-0.2, -0.15) is 0 Å². The fraction of sp³-hybridized carbons (Fsp3) is 0.150. The number of hydrogen-bond acceptors (Lipinski definition) is 3. The highest BCUT2D eigenvalue weighted by atomic mass is 19.1. The first-order valence-corrected chi connectivity index (χ1v) is 8.45. The van der Waals surface area contributed by atoms with Crippen LogP contribution < -0.4 is 5.32 Å². The third-order valence-corrected chi connectivity index (χ3v) is 4.37. The largest absolute Gasteiger partial charge is 0.361 e. The predicted molar refractivity (Wildman–Crippen MR) is 100 cm³/mol. The van der Waals surface area contributed by atoms with Gasteiger partial charge in [0.05, 0.1) is 13.1 Å². The lowest BCUT2D eigenvalue weighted by atomic mass is 10.1. The van der Waals surface area contributed by atoms with Crippen molar-refractivity contribution in [2.24, 2.45) is 4.99 Å². The van der Waals surface area contributed by atoms with Crippen molar-refractivity contribution in [1.82, 2.24) is 9.88 Å². The normalized spacial score (nSPS) is 14.3. The number of guanidine groups is 1. The van der Waals surface area contributed by atoms with Gasteiger partial charge in [-0.15, -0.1) is 0 Å². The lowest BCUT2D eigenvalue weighted by Crippen LogP contribution is -2.35. The van der Waals surface area contributed by atoms with Gasteiger partial charge in [-0.3, -0.25) is 0 Å². The van der Waals surface area contributed by atoms with Gasteiger partial charge in [0.15, 0.2) is 0 Å². The molecular formula is C20H17F3N4. The van der Waals surface area contributed by atoms with Gasteiger partial charge in [0, 0.05) is 35.1 Å². The number of rotatable bonds is 3. The van der Waals surface area contributed by atoms with E-state index in [4.69, 9.17) is 0 Å². The quantitative estimate of drug-likeness (QED) is 0.692. The highest BCUT2D eigenvalue weighted by Crippen LogP contribution is 2.24. The molecule has 1 aliphatic rings. The van der Waals surface area contributed by atoms with Crippen molar-refractivity contribution in [3.05, 3.63) is 77.4 Å². The highest BCUT2D eigenvalue weighted by Gasteiger charge is 2.18. The molecule has 3 aromatic rings. The molecule has 0 unspecified atom stereocenters. The van der Waals surface area contributed by atoms with E-state index in [0.29, 0.717) is 11.5 Å². The number of anilines is 1. The summed E-state index contributed by atoms with van der Waals surface area (Å²) in [6.45, 7) is 1.95. The van der Waals surface area contributed by atoms with Crippen molar-refractivity contribution in [1.29, 1.82) is 0 Å². The molecule has 0 spiro atoms. The van der Waals surface area contributed by atoms with E-state index in [0.717, 1.165) is 28.2 Å². The summed E-state index contributed by atoms with van der Waals surface area (Å²) in [5.41, 5.74) is 3.21. The summed E-state index contributed by atoms with van der Waals surface area (Å²) in [5, 5.41) is 4.24. The number of aliphatic imine (C=N–C) groups is 1. The van der Waals surface area contributed by atoms with Crippen LogP contribution >= 0.6 is 0 Å². The van der Waals surface area contributed by atoms with Crippen LogP contribution in [0.5, 0.6) is 0 Å². The van der Waals surface area contributed by atoms with Crippen LogP contribution in [0.1, 0.15) is 11.1 Å². The molecule has 0 fully saturated rings. The van der Waals surface area contributed by atoms with Crippen LogP contribution in [0.2, 0.25) is 0 Å². The van der Waals surface area contributed by atoms with Crippen LogP contribution in [0.3, 0.4) is 0 Å². The fourth-order valence-corrected chi connectivity index (χ4v) is 3.11. The van der Waals surface area contributed by atoms with E-state index < -0.39 is 17.5 Å². The van der Waals surface area contributed by atoms with Crippen LogP contribution in [0.25, 0.3) is 10.9 Å². The maximum Gasteiger partial charge on any atom is 0.203 e. The van der Waals surface area contributed by atoms with Gasteiger partial charge >= 0.3 is 0 Å². The lowest BCUT2D eigenvalue weighted by Gasteiger charge is -2.27. The molecule has 0 saturated heterocycles. The van der Waals surface area contributed by atoms with Crippen LogP contribution in [-0.2, 0) is 6.54 Å². The van der Waals surface area contributed by atoms with Crippen molar-refractivity contribution in [2.45, 2.75) is 13.5 Å². The Kier molecular flexibility index (Phi) is 4.35. The second kappa shape index (κ2) is 6.83. The molecule has 4 rings (SSSR count). The van der Waals surface area contributed by atoms with E-state index >= 15 is 0 Å². The number of aromatic nitrogens is 1. The van der Waals surface area contributed by atoms with Gasteiger partial charge < -0.3 is 15.2 Å². The van der Waals surface area contributed by atoms with Crippen LogP contribution in [0.4, 0.5) is 18.9 Å². The Hall–Kier alpha value is -3.22. The molecule has 7 heteroatoms. The first-order chi connectivity index (χ1) is 13.0. The maximum absolute atomic E-state index is 13.8. The van der Waals surface area contributed by atoms with Crippen molar-refractivity contribution in [2.75, 3.05) is 11.9 Å². The number of nitrogens with one attached hydrogen (secondary N) is 2. The Morgan fingerprint density at radius 3 is 2.67 bits per heavy atom. The highest BCUT2D eigenvalue weighted by molar-refractivity contribution is 5.98. The molecule has 0 radical (unpaired) electrons. The molecule has 0 amide bonds. The molecule has 138 valence electrons. The summed E-state index contributed by atoms with van der Waals surface area (Å²) in [7, 11) is 0. The monoisotopic (exact) mass is 370 g/mol. The Morgan fingerprint density at radius 2 is 1.89 bits per heavy atom. The van der Waals surface area contributed by atoms with Crippen LogP contribution in [0.15, 0.2) is 59.6 Å². The van der Waals surface area contributed by atoms with Crippen molar-refractivity contribution < 1.29 is 13.2 Å². The SMILES string of the molecule is Cc1cc2[nH]ccc2cc1NC1=NCC(F)=CN1Cc1cc(F)cc(F)c1. The zero-order valence-corrected chi connectivity index (χ0v) is 14.6. The van der Waals surface area contributed by atoms with E-state index in [-0.39, 0.29) is 13.1 Å². The Balaban J connectivity index is 1.62. The minimum absolute atomic E-state index is 0.0816. The average molecular weight is 370 g/mol. The van der Waals surface area contributed by atoms with Gasteiger partial charge in [-0.05, 0) is 48.4 Å². The number of H-pyrrole nitrogens is 1. The molecule has 0 atom stereocenters. The van der Waals surface area contributed by atoms with Gasteiger partial charge in [0.2, 0.25) is 5.96 Å². The van der Waals surface area contributed by atoms with Gasteiger partial charge in [0.1, 0.15) is 17.5 Å². The molecule has 2 heterocycles. The van der Waals surface area contributed by atoms with E-state index in [9.17, 15) is 13.2 Å². The van der Waals surface area contributed by atoms with Crippen LogP contribution in [0, 0.1) is 18.6 Å². The number of aromatic amines is 1. The Bertz CT molecular complexity index is 1050. The predicted octanol–water partition coefficient (Wildman–Crippen LogP) is 4.85. The minimum Gasteiger partial charge on any atom is -0.361 e. The molecule has 1 aliphatic heterocycles.